The molecule has 2 fully saturated rings. The monoisotopic (exact) mass is 319 g/mol. The van der Waals surface area contributed by atoms with E-state index < -0.39 is 0 Å². The number of hydrogen-bond donors (Lipinski definition) is 1. The van der Waals surface area contributed by atoms with Crippen LogP contribution in [0.5, 0.6) is 0 Å². The molecule has 0 amide bonds. The summed E-state index contributed by atoms with van der Waals surface area (Å²) < 4.78 is 1.02. The third kappa shape index (κ3) is 2.50. The average molecular weight is 320 g/mol. The molecule has 0 aromatic heterocycles. The first kappa shape index (κ1) is 13.0. The number of fused-ring (bicyclic) bond motifs is 2. The number of benzene rings is 1. The number of halogens is 1. The Morgan fingerprint density at radius 1 is 1.32 bits per heavy atom. The lowest BCUT2D eigenvalue weighted by Crippen LogP contribution is -2.44. The first-order valence-electron chi connectivity index (χ1n) is 6.85. The normalized spacial score (nSPS) is 30.1. The molecule has 4 heteroatoms. The van der Waals surface area contributed by atoms with Crippen LogP contribution >= 0.6 is 15.9 Å². The van der Waals surface area contributed by atoms with E-state index in [9.17, 15) is 5.26 Å². The van der Waals surface area contributed by atoms with Crippen LogP contribution in [0.25, 0.3) is 0 Å². The van der Waals surface area contributed by atoms with Gasteiger partial charge in [0.2, 0.25) is 0 Å². The Balaban J connectivity index is 1.76. The zero-order valence-corrected chi connectivity index (χ0v) is 12.7. The van der Waals surface area contributed by atoms with Gasteiger partial charge in [-0.1, -0.05) is 15.9 Å². The molecular weight excluding hydrogens is 302 g/mol. The minimum Gasteiger partial charge on any atom is -0.381 e. The third-order valence-electron chi connectivity index (χ3n) is 4.56. The highest BCUT2D eigenvalue weighted by molar-refractivity contribution is 9.10. The Hall–Kier alpha value is -1.05. The van der Waals surface area contributed by atoms with Crippen LogP contribution in [-0.2, 0) is 0 Å². The lowest BCUT2D eigenvalue weighted by atomic mass is 9.97. The summed E-state index contributed by atoms with van der Waals surface area (Å²) in [5, 5.41) is 12.8. The Labute approximate surface area is 122 Å². The fourth-order valence-electron chi connectivity index (χ4n) is 3.48. The molecule has 3 nitrogen and oxygen atoms in total. The van der Waals surface area contributed by atoms with Crippen molar-refractivity contribution in [2.45, 2.75) is 43.8 Å². The topological polar surface area (TPSA) is 39.1 Å². The summed E-state index contributed by atoms with van der Waals surface area (Å²) in [6.07, 6.45) is 5.01. The minimum atomic E-state index is 0.495. The summed E-state index contributed by atoms with van der Waals surface area (Å²) >= 11 is 3.48. The molecule has 2 aliphatic rings. The number of hydrogen-bond acceptors (Lipinski definition) is 3. The molecule has 1 aromatic rings. The molecule has 0 spiro atoms. The van der Waals surface area contributed by atoms with E-state index in [0.29, 0.717) is 18.1 Å². The SMILES string of the molecule is CN1C2CCC1CC(Nc1cc(Br)ccc1C#N)C2. The molecule has 2 heterocycles. The molecule has 2 atom stereocenters. The van der Waals surface area contributed by atoms with Gasteiger partial charge >= 0.3 is 0 Å². The minimum absolute atomic E-state index is 0.495. The van der Waals surface area contributed by atoms with Gasteiger partial charge in [0.1, 0.15) is 6.07 Å². The Morgan fingerprint density at radius 2 is 2.00 bits per heavy atom. The van der Waals surface area contributed by atoms with Gasteiger partial charge in [-0.3, -0.25) is 0 Å². The highest BCUT2D eigenvalue weighted by Crippen LogP contribution is 2.36. The van der Waals surface area contributed by atoms with Gasteiger partial charge in [0, 0.05) is 22.6 Å². The largest absolute Gasteiger partial charge is 0.381 e. The third-order valence-corrected chi connectivity index (χ3v) is 5.05. The van der Waals surface area contributed by atoms with Gasteiger partial charge in [-0.15, -0.1) is 0 Å². The van der Waals surface area contributed by atoms with Crippen LogP contribution in [0.1, 0.15) is 31.2 Å². The van der Waals surface area contributed by atoms with Crippen LogP contribution < -0.4 is 5.32 Å². The number of nitrogens with one attached hydrogen (secondary N) is 1. The smallest absolute Gasteiger partial charge is 0.101 e. The van der Waals surface area contributed by atoms with E-state index in [1.807, 2.05) is 18.2 Å². The summed E-state index contributed by atoms with van der Waals surface area (Å²) in [4.78, 5) is 2.53. The van der Waals surface area contributed by atoms with Gasteiger partial charge in [-0.25, -0.2) is 0 Å². The maximum atomic E-state index is 9.18. The van der Waals surface area contributed by atoms with E-state index in [4.69, 9.17) is 0 Å². The van der Waals surface area contributed by atoms with E-state index in [-0.39, 0.29) is 0 Å². The van der Waals surface area contributed by atoms with E-state index in [0.717, 1.165) is 15.7 Å². The number of piperidine rings is 1. The fourth-order valence-corrected chi connectivity index (χ4v) is 3.84. The van der Waals surface area contributed by atoms with Crippen LogP contribution in [0.15, 0.2) is 22.7 Å². The van der Waals surface area contributed by atoms with Crippen molar-refractivity contribution < 1.29 is 0 Å². The second-order valence-corrected chi connectivity index (χ2v) is 6.58. The van der Waals surface area contributed by atoms with Crippen LogP contribution in [0.2, 0.25) is 0 Å². The Kier molecular flexibility index (Phi) is 3.51. The molecule has 2 saturated heterocycles. The molecule has 19 heavy (non-hydrogen) atoms. The highest BCUT2D eigenvalue weighted by atomic mass is 79.9. The lowest BCUT2D eigenvalue weighted by molar-refractivity contribution is 0.169. The Bertz CT molecular complexity index is 509. The van der Waals surface area contributed by atoms with Gasteiger partial charge in [0.15, 0.2) is 0 Å². The first-order chi connectivity index (χ1) is 9.17. The summed E-state index contributed by atoms with van der Waals surface area (Å²) in [6, 6.07) is 10.00. The van der Waals surface area contributed by atoms with Crippen molar-refractivity contribution in [3.63, 3.8) is 0 Å². The molecule has 3 rings (SSSR count). The zero-order valence-electron chi connectivity index (χ0n) is 11.1. The van der Waals surface area contributed by atoms with Crippen LogP contribution in [0, 0.1) is 11.3 Å². The molecule has 0 saturated carbocycles. The molecule has 100 valence electrons. The Morgan fingerprint density at radius 3 is 2.63 bits per heavy atom. The molecule has 1 N–H and O–H groups in total. The maximum absolute atomic E-state index is 9.18. The van der Waals surface area contributed by atoms with E-state index in [1.54, 1.807) is 0 Å². The predicted octanol–water partition coefficient (Wildman–Crippen LogP) is 3.36. The quantitative estimate of drug-likeness (QED) is 0.908. The van der Waals surface area contributed by atoms with Crippen molar-refractivity contribution in [1.82, 2.24) is 4.90 Å². The van der Waals surface area contributed by atoms with Gasteiger partial charge in [0.05, 0.1) is 11.3 Å². The van der Waals surface area contributed by atoms with Crippen LogP contribution in [-0.4, -0.2) is 30.1 Å². The van der Waals surface area contributed by atoms with Gasteiger partial charge in [-0.05, 0) is 50.9 Å². The highest BCUT2D eigenvalue weighted by Gasteiger charge is 2.38. The fraction of sp³-hybridized carbons (Fsp3) is 0.533. The molecule has 2 bridgehead atoms. The van der Waals surface area contributed by atoms with Crippen molar-refractivity contribution in [2.75, 3.05) is 12.4 Å². The van der Waals surface area contributed by atoms with E-state index in [2.05, 4.69) is 39.3 Å². The number of nitrogens with zero attached hydrogens (tertiary/aromatic N) is 2. The average Bonchev–Trinajstić information content (AvgIpc) is 2.63. The molecule has 2 unspecified atom stereocenters. The van der Waals surface area contributed by atoms with Crippen LogP contribution in [0.3, 0.4) is 0 Å². The molecule has 2 aliphatic heterocycles. The van der Waals surface area contributed by atoms with Crippen LogP contribution in [0.4, 0.5) is 5.69 Å². The molecule has 0 radical (unpaired) electrons. The van der Waals surface area contributed by atoms with Crippen molar-refractivity contribution in [3.05, 3.63) is 28.2 Å². The maximum Gasteiger partial charge on any atom is 0.101 e. The standard InChI is InChI=1S/C15H18BrN3/c1-19-13-4-5-14(19)8-12(7-13)18-15-6-11(16)3-2-10(15)9-17/h2-3,6,12-14,18H,4-5,7-8H2,1H3. The van der Waals surface area contributed by atoms with Gasteiger partial charge < -0.3 is 10.2 Å². The van der Waals surface area contributed by atoms with Crippen molar-refractivity contribution in [2.24, 2.45) is 0 Å². The predicted molar refractivity (Wildman–Crippen MR) is 80.1 cm³/mol. The van der Waals surface area contributed by atoms with Gasteiger partial charge in [0.25, 0.3) is 0 Å². The zero-order chi connectivity index (χ0) is 13.4. The summed E-state index contributed by atoms with van der Waals surface area (Å²) in [7, 11) is 2.25. The first-order valence-corrected chi connectivity index (χ1v) is 7.65. The van der Waals surface area contributed by atoms with Gasteiger partial charge in [-0.2, -0.15) is 5.26 Å². The lowest BCUT2D eigenvalue weighted by Gasteiger charge is -2.37. The molecular formula is C15H18BrN3. The van der Waals surface area contributed by atoms with Crippen molar-refractivity contribution >= 4 is 21.6 Å². The number of nitriles is 1. The molecule has 1 aromatic carbocycles. The number of rotatable bonds is 2. The summed E-state index contributed by atoms with van der Waals surface area (Å²) in [5.74, 6) is 0. The summed E-state index contributed by atoms with van der Waals surface area (Å²) in [6.45, 7) is 0. The number of anilines is 1. The second-order valence-electron chi connectivity index (χ2n) is 5.66. The van der Waals surface area contributed by atoms with E-state index >= 15 is 0 Å². The van der Waals surface area contributed by atoms with E-state index in [1.165, 1.54) is 25.7 Å². The summed E-state index contributed by atoms with van der Waals surface area (Å²) in [5.41, 5.74) is 1.69. The van der Waals surface area contributed by atoms with Crippen molar-refractivity contribution in [3.8, 4) is 6.07 Å². The molecule has 0 aliphatic carbocycles. The second kappa shape index (κ2) is 5.15. The van der Waals surface area contributed by atoms with Crippen molar-refractivity contribution in [1.29, 1.82) is 5.26 Å².